The fourth-order valence-electron chi connectivity index (χ4n) is 2.46. The summed E-state index contributed by atoms with van der Waals surface area (Å²) in [6.45, 7) is 1.80. The predicted octanol–water partition coefficient (Wildman–Crippen LogP) is 4.58. The first-order chi connectivity index (χ1) is 12.1. The molecule has 0 bridgehead atoms. The highest BCUT2D eigenvalue weighted by Crippen LogP contribution is 2.29. The van der Waals surface area contributed by atoms with E-state index in [0.29, 0.717) is 21.9 Å². The van der Waals surface area contributed by atoms with Crippen LogP contribution in [0.1, 0.15) is 32.1 Å². The lowest BCUT2D eigenvalue weighted by Gasteiger charge is -2.02. The third-order valence-electron chi connectivity index (χ3n) is 3.80. The number of aromatic nitrogens is 1. The minimum absolute atomic E-state index is 0.163. The molecule has 0 aliphatic rings. The Labute approximate surface area is 150 Å². The first-order valence-corrected chi connectivity index (χ1v) is 8.63. The van der Waals surface area contributed by atoms with Crippen molar-refractivity contribution in [1.82, 2.24) is 4.98 Å². The van der Waals surface area contributed by atoms with Gasteiger partial charge in [-0.05, 0) is 31.2 Å². The summed E-state index contributed by atoms with van der Waals surface area (Å²) in [5, 5.41) is 0.790. The van der Waals surface area contributed by atoms with Crippen molar-refractivity contribution in [2.75, 3.05) is 7.11 Å². The Bertz CT molecular complexity index is 898. The van der Waals surface area contributed by atoms with Crippen LogP contribution in [0.2, 0.25) is 0 Å². The zero-order valence-corrected chi connectivity index (χ0v) is 14.8. The van der Waals surface area contributed by atoms with Crippen LogP contribution in [0.25, 0.3) is 10.6 Å². The van der Waals surface area contributed by atoms with E-state index in [4.69, 9.17) is 4.74 Å². The van der Waals surface area contributed by atoms with Crippen LogP contribution < -0.4 is 4.74 Å². The smallest absolute Gasteiger partial charge is 0.182 e. The summed E-state index contributed by atoms with van der Waals surface area (Å²) in [7, 11) is 1.57. The van der Waals surface area contributed by atoms with Crippen LogP contribution in [0.15, 0.2) is 54.6 Å². The monoisotopic (exact) mass is 351 g/mol. The topological polar surface area (TPSA) is 56.3 Å². The van der Waals surface area contributed by atoms with E-state index in [0.717, 1.165) is 10.6 Å². The van der Waals surface area contributed by atoms with Crippen molar-refractivity contribution in [3.63, 3.8) is 0 Å². The second-order valence-electron chi connectivity index (χ2n) is 5.55. The van der Waals surface area contributed by atoms with Gasteiger partial charge in [0.05, 0.1) is 24.1 Å². The summed E-state index contributed by atoms with van der Waals surface area (Å²) in [4.78, 5) is 29.9. The van der Waals surface area contributed by atoms with Crippen LogP contribution in [0.5, 0.6) is 5.75 Å². The van der Waals surface area contributed by atoms with E-state index in [1.54, 1.807) is 38.3 Å². The molecule has 1 heterocycles. The van der Waals surface area contributed by atoms with Crippen LogP contribution in [0.3, 0.4) is 0 Å². The summed E-state index contributed by atoms with van der Waals surface area (Å²) in [5.74, 6) is 0.272. The van der Waals surface area contributed by atoms with Crippen LogP contribution in [-0.2, 0) is 0 Å². The zero-order chi connectivity index (χ0) is 17.8. The van der Waals surface area contributed by atoms with E-state index in [1.165, 1.54) is 11.3 Å². The van der Waals surface area contributed by atoms with Gasteiger partial charge < -0.3 is 4.74 Å². The highest BCUT2D eigenvalue weighted by molar-refractivity contribution is 7.17. The number of nitrogens with zero attached hydrogens (tertiary/aromatic N) is 1. The molecule has 0 atom stereocenters. The predicted molar refractivity (Wildman–Crippen MR) is 98.6 cm³/mol. The molecule has 0 radical (unpaired) electrons. The molecule has 0 N–H and O–H groups in total. The van der Waals surface area contributed by atoms with Gasteiger partial charge >= 0.3 is 0 Å². The summed E-state index contributed by atoms with van der Waals surface area (Å²) in [6, 6.07) is 16.5. The Morgan fingerprint density at radius 1 is 1.00 bits per heavy atom. The largest absolute Gasteiger partial charge is 0.497 e. The van der Waals surface area contributed by atoms with Gasteiger partial charge in [0.2, 0.25) is 0 Å². The van der Waals surface area contributed by atoms with Gasteiger partial charge in [-0.2, -0.15) is 0 Å². The molecule has 0 aliphatic carbocycles. The standard InChI is InChI=1S/C20H17NO3S/c1-13-19(25-20(21-13)15-6-4-3-5-7-15)18(23)12-17(22)14-8-10-16(24-2)11-9-14/h3-11H,12H2,1-2H3. The summed E-state index contributed by atoms with van der Waals surface area (Å²) in [5.41, 5.74) is 2.13. The molecular formula is C20H17NO3S. The van der Waals surface area contributed by atoms with Crippen molar-refractivity contribution < 1.29 is 14.3 Å². The normalized spacial score (nSPS) is 10.5. The molecule has 5 heteroatoms. The molecule has 0 unspecified atom stereocenters. The molecule has 3 rings (SSSR count). The SMILES string of the molecule is COc1ccc(C(=O)CC(=O)c2sc(-c3ccccc3)nc2C)cc1. The van der Waals surface area contributed by atoms with Crippen molar-refractivity contribution in [1.29, 1.82) is 0 Å². The molecule has 1 aromatic heterocycles. The maximum absolute atomic E-state index is 12.5. The number of carbonyl (C=O) groups is 2. The lowest BCUT2D eigenvalue weighted by molar-refractivity contribution is 0.0896. The first-order valence-electron chi connectivity index (χ1n) is 7.82. The number of thiazole rings is 1. The minimum atomic E-state index is -0.207. The maximum Gasteiger partial charge on any atom is 0.182 e. The quantitative estimate of drug-likeness (QED) is 0.482. The molecule has 0 amide bonds. The Hall–Kier alpha value is -2.79. The summed E-state index contributed by atoms with van der Waals surface area (Å²) < 4.78 is 5.08. The number of hydrogen-bond acceptors (Lipinski definition) is 5. The van der Waals surface area contributed by atoms with E-state index >= 15 is 0 Å². The Kier molecular flexibility index (Phi) is 5.05. The van der Waals surface area contributed by atoms with Crippen LogP contribution in [0.4, 0.5) is 0 Å². The number of ether oxygens (including phenoxy) is 1. The Balaban J connectivity index is 1.77. The molecule has 4 nitrogen and oxygen atoms in total. The van der Waals surface area contributed by atoms with Gasteiger partial charge in [0.25, 0.3) is 0 Å². The molecule has 2 aromatic carbocycles. The van der Waals surface area contributed by atoms with E-state index in [9.17, 15) is 9.59 Å². The van der Waals surface area contributed by atoms with Gasteiger partial charge in [0.1, 0.15) is 10.8 Å². The molecule has 3 aromatic rings. The first kappa shape index (κ1) is 17.0. The number of ketones is 2. The number of methoxy groups -OCH3 is 1. The third-order valence-corrected chi connectivity index (χ3v) is 5.05. The molecular weight excluding hydrogens is 334 g/mol. The second-order valence-corrected chi connectivity index (χ2v) is 6.55. The van der Waals surface area contributed by atoms with Crippen LogP contribution >= 0.6 is 11.3 Å². The molecule has 0 fully saturated rings. The minimum Gasteiger partial charge on any atom is -0.497 e. The van der Waals surface area contributed by atoms with Gasteiger partial charge in [-0.25, -0.2) is 4.98 Å². The van der Waals surface area contributed by atoms with Crippen molar-refractivity contribution >= 4 is 22.9 Å². The van der Waals surface area contributed by atoms with Crippen molar-refractivity contribution in [2.45, 2.75) is 13.3 Å². The maximum atomic E-state index is 12.5. The van der Waals surface area contributed by atoms with Crippen LogP contribution in [0, 0.1) is 6.92 Å². The highest BCUT2D eigenvalue weighted by Gasteiger charge is 2.19. The van der Waals surface area contributed by atoms with Gasteiger partial charge in [-0.3, -0.25) is 9.59 Å². The number of Topliss-reactive ketones (excluding diaryl/α,β-unsaturated/α-hetero) is 2. The molecule has 0 spiro atoms. The van der Waals surface area contributed by atoms with Gasteiger partial charge in [-0.15, -0.1) is 11.3 Å². The number of hydrogen-bond donors (Lipinski definition) is 0. The zero-order valence-electron chi connectivity index (χ0n) is 14.0. The highest BCUT2D eigenvalue weighted by atomic mass is 32.1. The Morgan fingerprint density at radius 2 is 1.68 bits per heavy atom. The summed E-state index contributed by atoms with van der Waals surface area (Å²) in [6.07, 6.45) is -0.163. The number of rotatable bonds is 6. The third kappa shape index (κ3) is 3.83. The van der Waals surface area contributed by atoms with E-state index in [2.05, 4.69) is 4.98 Å². The lowest BCUT2D eigenvalue weighted by Crippen LogP contribution is -2.08. The number of aryl methyl sites for hydroxylation is 1. The molecule has 126 valence electrons. The van der Waals surface area contributed by atoms with E-state index < -0.39 is 0 Å². The second kappa shape index (κ2) is 7.40. The van der Waals surface area contributed by atoms with Gasteiger partial charge in [0.15, 0.2) is 11.6 Å². The van der Waals surface area contributed by atoms with Crippen LogP contribution in [-0.4, -0.2) is 23.7 Å². The summed E-state index contributed by atoms with van der Waals surface area (Å²) >= 11 is 1.33. The fraction of sp³-hybridized carbons (Fsp3) is 0.150. The van der Waals surface area contributed by atoms with E-state index in [-0.39, 0.29) is 18.0 Å². The molecule has 0 aliphatic heterocycles. The lowest BCUT2D eigenvalue weighted by atomic mass is 10.0. The molecule has 0 saturated heterocycles. The van der Waals surface area contributed by atoms with E-state index in [1.807, 2.05) is 30.3 Å². The van der Waals surface area contributed by atoms with Gasteiger partial charge in [-0.1, -0.05) is 30.3 Å². The van der Waals surface area contributed by atoms with Crippen molar-refractivity contribution in [3.05, 3.63) is 70.7 Å². The van der Waals surface area contributed by atoms with Gasteiger partial charge in [0, 0.05) is 11.1 Å². The van der Waals surface area contributed by atoms with Crippen molar-refractivity contribution in [2.24, 2.45) is 0 Å². The average molecular weight is 351 g/mol. The van der Waals surface area contributed by atoms with Crippen molar-refractivity contribution in [3.8, 4) is 16.3 Å². The average Bonchev–Trinajstić information content (AvgIpc) is 3.04. The fourth-order valence-corrected chi connectivity index (χ4v) is 3.47. The Morgan fingerprint density at radius 3 is 2.32 bits per heavy atom. The number of benzene rings is 2. The molecule has 0 saturated carbocycles. The molecule has 25 heavy (non-hydrogen) atoms. The number of carbonyl (C=O) groups excluding carboxylic acids is 2.